The minimum Gasteiger partial charge on any atom is -0.497 e. The van der Waals surface area contributed by atoms with Gasteiger partial charge in [-0.3, -0.25) is 4.79 Å². The van der Waals surface area contributed by atoms with E-state index in [0.29, 0.717) is 0 Å². The van der Waals surface area contributed by atoms with Crippen LogP contribution < -0.4 is 4.74 Å². The van der Waals surface area contributed by atoms with Crippen LogP contribution in [0, 0.1) is 5.92 Å². The molecule has 0 aliphatic carbocycles. The third kappa shape index (κ3) is 3.89. The molecule has 0 bridgehead atoms. The van der Waals surface area contributed by atoms with Gasteiger partial charge in [-0.2, -0.15) is 0 Å². The standard InChI is InChI=1S/C14H18O4/c1-10(14(16)18-3)13(15)9-6-11-4-7-12(17-2)8-5-11/h4-10,13,15H,1-3H3/b9-6+/t10-,13-/m0/s1. The van der Waals surface area contributed by atoms with Gasteiger partial charge in [0.2, 0.25) is 0 Å². The molecule has 0 unspecified atom stereocenters. The van der Waals surface area contributed by atoms with Crippen molar-refractivity contribution in [2.75, 3.05) is 14.2 Å². The Morgan fingerprint density at radius 1 is 1.28 bits per heavy atom. The summed E-state index contributed by atoms with van der Waals surface area (Å²) in [7, 11) is 2.91. The molecule has 4 heteroatoms. The molecule has 0 fully saturated rings. The molecule has 0 saturated carbocycles. The number of hydrogen-bond donors (Lipinski definition) is 1. The molecule has 1 rings (SSSR count). The predicted molar refractivity (Wildman–Crippen MR) is 69.2 cm³/mol. The van der Waals surface area contributed by atoms with Crippen molar-refractivity contribution in [1.29, 1.82) is 0 Å². The number of benzene rings is 1. The molecule has 0 radical (unpaired) electrons. The molecular weight excluding hydrogens is 232 g/mol. The van der Waals surface area contributed by atoms with Gasteiger partial charge >= 0.3 is 5.97 Å². The molecule has 0 aliphatic heterocycles. The van der Waals surface area contributed by atoms with E-state index in [0.717, 1.165) is 11.3 Å². The Morgan fingerprint density at radius 3 is 2.39 bits per heavy atom. The molecule has 0 saturated heterocycles. The van der Waals surface area contributed by atoms with Crippen LogP contribution in [0.3, 0.4) is 0 Å². The summed E-state index contributed by atoms with van der Waals surface area (Å²) in [6.45, 7) is 1.62. The second-order valence-corrected chi connectivity index (χ2v) is 3.93. The van der Waals surface area contributed by atoms with Crippen molar-refractivity contribution < 1.29 is 19.4 Å². The maximum Gasteiger partial charge on any atom is 0.311 e. The highest BCUT2D eigenvalue weighted by atomic mass is 16.5. The topological polar surface area (TPSA) is 55.8 Å². The largest absolute Gasteiger partial charge is 0.497 e. The number of aliphatic hydroxyl groups excluding tert-OH is 1. The Kier molecular flexibility index (Phi) is 5.39. The number of carbonyl (C=O) groups excluding carboxylic acids is 1. The van der Waals surface area contributed by atoms with E-state index in [-0.39, 0.29) is 0 Å². The Labute approximate surface area is 107 Å². The fraction of sp³-hybridized carbons (Fsp3) is 0.357. The minimum atomic E-state index is -0.862. The van der Waals surface area contributed by atoms with Crippen LogP contribution in [-0.2, 0) is 9.53 Å². The number of aliphatic hydroxyl groups is 1. The lowest BCUT2D eigenvalue weighted by Crippen LogP contribution is -2.24. The number of methoxy groups -OCH3 is 2. The van der Waals surface area contributed by atoms with Crippen molar-refractivity contribution in [1.82, 2.24) is 0 Å². The lowest BCUT2D eigenvalue weighted by molar-refractivity contribution is -0.147. The Bertz CT molecular complexity index is 408. The molecule has 4 nitrogen and oxygen atoms in total. The molecule has 0 heterocycles. The van der Waals surface area contributed by atoms with Crippen LogP contribution in [0.1, 0.15) is 12.5 Å². The van der Waals surface area contributed by atoms with Crippen molar-refractivity contribution in [2.45, 2.75) is 13.0 Å². The molecule has 1 N–H and O–H groups in total. The first-order chi connectivity index (χ1) is 8.58. The van der Waals surface area contributed by atoms with E-state index in [1.54, 1.807) is 26.2 Å². The second-order valence-electron chi connectivity index (χ2n) is 3.93. The van der Waals surface area contributed by atoms with E-state index in [9.17, 15) is 9.90 Å². The highest BCUT2D eigenvalue weighted by Crippen LogP contribution is 2.14. The van der Waals surface area contributed by atoms with Gasteiger partial charge in [0.25, 0.3) is 0 Å². The molecule has 0 aliphatic rings. The third-order valence-electron chi connectivity index (χ3n) is 2.69. The lowest BCUT2D eigenvalue weighted by Gasteiger charge is -2.12. The average molecular weight is 250 g/mol. The quantitative estimate of drug-likeness (QED) is 0.811. The summed E-state index contributed by atoms with van der Waals surface area (Å²) < 4.78 is 9.61. The smallest absolute Gasteiger partial charge is 0.311 e. The first-order valence-corrected chi connectivity index (χ1v) is 5.66. The molecule has 0 aromatic heterocycles. The van der Waals surface area contributed by atoms with Gasteiger partial charge in [-0.15, -0.1) is 0 Å². The molecule has 1 aromatic carbocycles. The minimum absolute atomic E-state index is 0.429. The number of rotatable bonds is 5. The Morgan fingerprint density at radius 2 is 1.89 bits per heavy atom. The van der Waals surface area contributed by atoms with Crippen LogP contribution in [0.2, 0.25) is 0 Å². The molecule has 0 amide bonds. The van der Waals surface area contributed by atoms with Crippen molar-refractivity contribution in [3.63, 3.8) is 0 Å². The highest BCUT2D eigenvalue weighted by molar-refractivity contribution is 5.73. The van der Waals surface area contributed by atoms with Crippen LogP contribution in [0.4, 0.5) is 0 Å². The van der Waals surface area contributed by atoms with E-state index in [1.165, 1.54) is 7.11 Å². The zero-order chi connectivity index (χ0) is 13.5. The highest BCUT2D eigenvalue weighted by Gasteiger charge is 2.19. The van der Waals surface area contributed by atoms with Gasteiger partial charge in [0.1, 0.15) is 5.75 Å². The van der Waals surface area contributed by atoms with Crippen LogP contribution in [-0.4, -0.2) is 31.4 Å². The van der Waals surface area contributed by atoms with Gasteiger partial charge in [-0.1, -0.05) is 24.3 Å². The SMILES string of the molecule is COC(=O)[C@@H](C)[C@@H](O)/C=C/c1ccc(OC)cc1. The summed E-state index contributed by atoms with van der Waals surface area (Å²) in [5, 5.41) is 9.77. The van der Waals surface area contributed by atoms with Crippen LogP contribution >= 0.6 is 0 Å². The molecular formula is C14H18O4. The van der Waals surface area contributed by atoms with E-state index in [4.69, 9.17) is 4.74 Å². The van der Waals surface area contributed by atoms with E-state index in [2.05, 4.69) is 4.74 Å². The fourth-order valence-electron chi connectivity index (χ4n) is 1.42. The fourth-order valence-corrected chi connectivity index (χ4v) is 1.42. The molecule has 1 aromatic rings. The summed E-state index contributed by atoms with van der Waals surface area (Å²) in [6.07, 6.45) is 2.46. The van der Waals surface area contributed by atoms with Gasteiger partial charge in [-0.25, -0.2) is 0 Å². The van der Waals surface area contributed by atoms with E-state index >= 15 is 0 Å². The number of esters is 1. The predicted octanol–water partition coefficient (Wildman–Crippen LogP) is 1.88. The normalized spacial score (nSPS) is 14.2. The van der Waals surface area contributed by atoms with Crippen LogP contribution in [0.25, 0.3) is 6.08 Å². The zero-order valence-corrected chi connectivity index (χ0v) is 10.8. The lowest BCUT2D eigenvalue weighted by atomic mass is 10.0. The first-order valence-electron chi connectivity index (χ1n) is 5.66. The maximum absolute atomic E-state index is 11.2. The monoisotopic (exact) mass is 250 g/mol. The number of ether oxygens (including phenoxy) is 2. The summed E-state index contributed by atoms with van der Waals surface area (Å²) in [4.78, 5) is 11.2. The van der Waals surface area contributed by atoms with Crippen molar-refractivity contribution in [2.24, 2.45) is 5.92 Å². The van der Waals surface area contributed by atoms with E-state index in [1.807, 2.05) is 24.3 Å². The molecule has 0 spiro atoms. The van der Waals surface area contributed by atoms with E-state index < -0.39 is 18.0 Å². The summed E-state index contributed by atoms with van der Waals surface area (Å²) in [6, 6.07) is 7.39. The van der Waals surface area contributed by atoms with Crippen LogP contribution in [0.15, 0.2) is 30.3 Å². The number of carbonyl (C=O) groups is 1. The average Bonchev–Trinajstić information content (AvgIpc) is 2.43. The maximum atomic E-state index is 11.2. The van der Waals surface area contributed by atoms with Crippen molar-refractivity contribution in [3.05, 3.63) is 35.9 Å². The summed E-state index contributed by atoms with van der Waals surface area (Å²) in [5.41, 5.74) is 0.923. The number of hydrogen-bond acceptors (Lipinski definition) is 4. The van der Waals surface area contributed by atoms with Crippen molar-refractivity contribution in [3.8, 4) is 5.75 Å². The van der Waals surface area contributed by atoms with Gasteiger partial charge in [0.05, 0.1) is 26.2 Å². The second kappa shape index (κ2) is 6.81. The Hall–Kier alpha value is -1.81. The Balaban J connectivity index is 2.65. The third-order valence-corrected chi connectivity index (χ3v) is 2.69. The van der Waals surface area contributed by atoms with Gasteiger partial charge in [0, 0.05) is 0 Å². The summed E-state index contributed by atoms with van der Waals surface area (Å²) in [5.74, 6) is -0.234. The van der Waals surface area contributed by atoms with Crippen molar-refractivity contribution >= 4 is 12.0 Å². The van der Waals surface area contributed by atoms with Gasteiger partial charge < -0.3 is 14.6 Å². The first kappa shape index (κ1) is 14.3. The van der Waals surface area contributed by atoms with Crippen LogP contribution in [0.5, 0.6) is 5.75 Å². The summed E-state index contributed by atoms with van der Waals surface area (Å²) >= 11 is 0. The molecule has 18 heavy (non-hydrogen) atoms. The molecule has 2 atom stereocenters. The molecule has 98 valence electrons. The van der Waals surface area contributed by atoms with Gasteiger partial charge in [0.15, 0.2) is 0 Å². The van der Waals surface area contributed by atoms with Gasteiger partial charge in [-0.05, 0) is 24.6 Å². The zero-order valence-electron chi connectivity index (χ0n) is 10.8.